The summed E-state index contributed by atoms with van der Waals surface area (Å²) in [7, 11) is 0. The van der Waals surface area contributed by atoms with Crippen LogP contribution in [0.25, 0.3) is 0 Å². The third kappa shape index (κ3) is 4.25. The molecule has 0 aromatic rings. The van der Waals surface area contributed by atoms with Gasteiger partial charge in [-0.1, -0.05) is 13.8 Å². The summed E-state index contributed by atoms with van der Waals surface area (Å²) in [5.74, 6) is 0.921. The van der Waals surface area contributed by atoms with Crippen molar-refractivity contribution in [1.82, 2.24) is 15.5 Å². The first-order chi connectivity index (χ1) is 8.69. The van der Waals surface area contributed by atoms with E-state index in [1.165, 1.54) is 19.3 Å². The Morgan fingerprint density at radius 1 is 1.33 bits per heavy atom. The zero-order chi connectivity index (χ0) is 13.0. The highest BCUT2D eigenvalue weighted by atomic mass is 16.1. The van der Waals surface area contributed by atoms with Crippen LogP contribution in [-0.2, 0) is 4.79 Å². The van der Waals surface area contributed by atoms with E-state index >= 15 is 0 Å². The molecule has 1 heterocycles. The van der Waals surface area contributed by atoms with Gasteiger partial charge in [-0.2, -0.15) is 0 Å². The predicted molar refractivity (Wildman–Crippen MR) is 73.5 cm³/mol. The summed E-state index contributed by atoms with van der Waals surface area (Å²) in [6.45, 7) is 8.69. The van der Waals surface area contributed by atoms with Crippen LogP contribution in [0.2, 0.25) is 0 Å². The molecule has 2 aliphatic rings. The maximum absolute atomic E-state index is 11.6. The third-order valence-electron chi connectivity index (χ3n) is 4.05. The van der Waals surface area contributed by atoms with Crippen molar-refractivity contribution >= 4 is 5.91 Å². The summed E-state index contributed by atoms with van der Waals surface area (Å²) in [6.07, 6.45) is 4.22. The van der Waals surface area contributed by atoms with Gasteiger partial charge in [0.1, 0.15) is 0 Å². The molecule has 2 rings (SSSR count). The topological polar surface area (TPSA) is 44.4 Å². The standard InChI is InChI=1S/C14H27N3O/c1-3-15-13-6-8-17(10-11(13)2)9-7-14(18)16-12-4-5-12/h11-13,15H,3-10H2,1-2H3,(H,16,18). The van der Waals surface area contributed by atoms with Crippen molar-refractivity contribution in [2.75, 3.05) is 26.2 Å². The van der Waals surface area contributed by atoms with E-state index in [2.05, 4.69) is 29.4 Å². The molecule has 1 saturated heterocycles. The van der Waals surface area contributed by atoms with Crippen LogP contribution in [0.15, 0.2) is 0 Å². The molecule has 4 nitrogen and oxygen atoms in total. The number of likely N-dealkylation sites (tertiary alicyclic amines) is 1. The van der Waals surface area contributed by atoms with Crippen molar-refractivity contribution < 1.29 is 4.79 Å². The maximum atomic E-state index is 11.6. The average Bonchev–Trinajstić information content (AvgIpc) is 3.14. The largest absolute Gasteiger partial charge is 0.353 e. The van der Waals surface area contributed by atoms with E-state index in [4.69, 9.17) is 0 Å². The van der Waals surface area contributed by atoms with Gasteiger partial charge in [0, 0.05) is 31.6 Å². The van der Waals surface area contributed by atoms with Gasteiger partial charge in [0.15, 0.2) is 0 Å². The van der Waals surface area contributed by atoms with E-state index in [1.807, 2.05) is 0 Å². The number of amides is 1. The number of nitrogens with one attached hydrogen (secondary N) is 2. The third-order valence-corrected chi connectivity index (χ3v) is 4.05. The van der Waals surface area contributed by atoms with Gasteiger partial charge in [-0.05, 0) is 38.3 Å². The molecular weight excluding hydrogens is 226 g/mol. The number of piperidine rings is 1. The summed E-state index contributed by atoms with van der Waals surface area (Å²) < 4.78 is 0. The molecule has 1 aliphatic heterocycles. The van der Waals surface area contributed by atoms with Crippen LogP contribution in [0.5, 0.6) is 0 Å². The second-order valence-electron chi connectivity index (χ2n) is 5.82. The lowest BCUT2D eigenvalue weighted by molar-refractivity contribution is -0.121. The fourth-order valence-corrected chi connectivity index (χ4v) is 2.79. The number of nitrogens with zero attached hydrogens (tertiary/aromatic N) is 1. The molecule has 18 heavy (non-hydrogen) atoms. The van der Waals surface area contributed by atoms with Gasteiger partial charge < -0.3 is 15.5 Å². The molecule has 1 amide bonds. The highest BCUT2D eigenvalue weighted by Gasteiger charge is 2.26. The molecule has 0 radical (unpaired) electrons. The average molecular weight is 253 g/mol. The van der Waals surface area contributed by atoms with E-state index in [0.29, 0.717) is 24.4 Å². The number of carbonyl (C=O) groups is 1. The zero-order valence-electron chi connectivity index (χ0n) is 11.7. The molecule has 0 aromatic carbocycles. The van der Waals surface area contributed by atoms with Gasteiger partial charge >= 0.3 is 0 Å². The number of hydrogen-bond donors (Lipinski definition) is 2. The summed E-state index contributed by atoms with van der Waals surface area (Å²) >= 11 is 0. The number of rotatable bonds is 6. The Hall–Kier alpha value is -0.610. The highest BCUT2D eigenvalue weighted by molar-refractivity contribution is 5.76. The van der Waals surface area contributed by atoms with Gasteiger partial charge in [-0.25, -0.2) is 0 Å². The Morgan fingerprint density at radius 3 is 2.72 bits per heavy atom. The Morgan fingerprint density at radius 2 is 2.11 bits per heavy atom. The van der Waals surface area contributed by atoms with Crippen molar-refractivity contribution in [3.05, 3.63) is 0 Å². The van der Waals surface area contributed by atoms with Crippen LogP contribution in [0.3, 0.4) is 0 Å². The van der Waals surface area contributed by atoms with Crippen molar-refractivity contribution in [2.45, 2.75) is 51.6 Å². The lowest BCUT2D eigenvalue weighted by Crippen LogP contribution is -2.48. The first kappa shape index (κ1) is 13.8. The van der Waals surface area contributed by atoms with Crippen LogP contribution in [-0.4, -0.2) is 49.1 Å². The maximum Gasteiger partial charge on any atom is 0.221 e. The summed E-state index contributed by atoms with van der Waals surface area (Å²) in [4.78, 5) is 14.1. The van der Waals surface area contributed by atoms with Crippen molar-refractivity contribution in [1.29, 1.82) is 0 Å². The molecule has 2 N–H and O–H groups in total. The van der Waals surface area contributed by atoms with Crippen molar-refractivity contribution in [3.63, 3.8) is 0 Å². The SMILES string of the molecule is CCNC1CCN(CCC(=O)NC2CC2)CC1C. The summed E-state index contributed by atoms with van der Waals surface area (Å²) in [5.41, 5.74) is 0. The minimum Gasteiger partial charge on any atom is -0.353 e. The fraction of sp³-hybridized carbons (Fsp3) is 0.929. The van der Waals surface area contributed by atoms with Crippen molar-refractivity contribution in [3.8, 4) is 0 Å². The van der Waals surface area contributed by atoms with E-state index in [0.717, 1.165) is 26.2 Å². The van der Waals surface area contributed by atoms with Crippen LogP contribution >= 0.6 is 0 Å². The quantitative estimate of drug-likeness (QED) is 0.741. The first-order valence-electron chi connectivity index (χ1n) is 7.44. The van der Waals surface area contributed by atoms with Gasteiger partial charge in [-0.3, -0.25) is 4.79 Å². The summed E-state index contributed by atoms with van der Waals surface area (Å²) in [6, 6.07) is 1.16. The molecule has 2 unspecified atom stereocenters. The first-order valence-corrected chi connectivity index (χ1v) is 7.44. The predicted octanol–water partition coefficient (Wildman–Crippen LogP) is 0.975. The van der Waals surface area contributed by atoms with Gasteiger partial charge in [0.2, 0.25) is 5.91 Å². The monoisotopic (exact) mass is 253 g/mol. The molecule has 2 fully saturated rings. The van der Waals surface area contributed by atoms with E-state index in [-0.39, 0.29) is 5.91 Å². The second kappa shape index (κ2) is 6.53. The molecule has 4 heteroatoms. The molecule has 0 bridgehead atoms. The lowest BCUT2D eigenvalue weighted by atomic mass is 9.94. The van der Waals surface area contributed by atoms with Gasteiger partial charge in [0.25, 0.3) is 0 Å². The molecule has 104 valence electrons. The van der Waals surface area contributed by atoms with Crippen LogP contribution in [0, 0.1) is 5.92 Å². The molecule has 2 atom stereocenters. The fourth-order valence-electron chi connectivity index (χ4n) is 2.79. The van der Waals surface area contributed by atoms with Crippen molar-refractivity contribution in [2.24, 2.45) is 5.92 Å². The van der Waals surface area contributed by atoms with E-state index in [1.54, 1.807) is 0 Å². The second-order valence-corrected chi connectivity index (χ2v) is 5.82. The van der Waals surface area contributed by atoms with Crippen LogP contribution < -0.4 is 10.6 Å². The number of carbonyl (C=O) groups excluding carboxylic acids is 1. The minimum atomic E-state index is 0.235. The summed E-state index contributed by atoms with van der Waals surface area (Å²) in [5, 5.41) is 6.60. The zero-order valence-corrected chi connectivity index (χ0v) is 11.7. The van der Waals surface area contributed by atoms with Gasteiger partial charge in [-0.15, -0.1) is 0 Å². The normalized spacial score (nSPS) is 29.2. The van der Waals surface area contributed by atoms with Crippen LogP contribution in [0.1, 0.15) is 39.5 Å². The van der Waals surface area contributed by atoms with Gasteiger partial charge in [0.05, 0.1) is 0 Å². The highest BCUT2D eigenvalue weighted by Crippen LogP contribution is 2.19. The lowest BCUT2D eigenvalue weighted by Gasteiger charge is -2.37. The Kier molecular flexibility index (Phi) is 5.01. The van der Waals surface area contributed by atoms with E-state index in [9.17, 15) is 4.79 Å². The molecule has 1 saturated carbocycles. The van der Waals surface area contributed by atoms with Crippen LogP contribution in [0.4, 0.5) is 0 Å². The molecular formula is C14H27N3O. The molecule has 0 spiro atoms. The Labute approximate surface area is 110 Å². The van der Waals surface area contributed by atoms with E-state index < -0.39 is 0 Å². The number of hydrogen-bond acceptors (Lipinski definition) is 3. The minimum absolute atomic E-state index is 0.235. The smallest absolute Gasteiger partial charge is 0.221 e. The molecule has 1 aliphatic carbocycles. The Balaban J connectivity index is 1.63. The molecule has 0 aromatic heterocycles. The Bertz CT molecular complexity index is 278.